The number of hydrogen-bond donors (Lipinski definition) is 0. The first-order valence-corrected chi connectivity index (χ1v) is 5.48. The quantitative estimate of drug-likeness (QED) is 0.557. The topological polar surface area (TPSA) is 0 Å². The third kappa shape index (κ3) is 1.76. The van der Waals surface area contributed by atoms with E-state index >= 15 is 0 Å². The molecule has 0 spiro atoms. The molecule has 0 amide bonds. The highest BCUT2D eigenvalue weighted by Crippen LogP contribution is 2.38. The Labute approximate surface area is 93.8 Å². The van der Waals surface area contributed by atoms with Gasteiger partial charge in [-0.25, -0.2) is 0 Å². The van der Waals surface area contributed by atoms with Gasteiger partial charge in [-0.05, 0) is 60.3 Å². The summed E-state index contributed by atoms with van der Waals surface area (Å²) in [5.41, 5.74) is 6.94. The number of benzene rings is 1. The van der Waals surface area contributed by atoms with Crippen LogP contribution in [0.3, 0.4) is 0 Å². The first-order chi connectivity index (χ1) is 6.91. The van der Waals surface area contributed by atoms with Crippen molar-refractivity contribution in [2.24, 2.45) is 0 Å². The lowest BCUT2D eigenvalue weighted by Crippen LogP contribution is -2.15. The molecule has 1 unspecified atom stereocenters. The van der Waals surface area contributed by atoms with E-state index in [0.717, 1.165) is 6.42 Å². The second-order valence-electron chi connectivity index (χ2n) is 5.04. The van der Waals surface area contributed by atoms with Crippen LogP contribution in [0.5, 0.6) is 0 Å². The minimum atomic E-state index is -0.183. The Kier molecular flexibility index (Phi) is 2.29. The molecule has 0 aromatic heterocycles. The normalized spacial score (nSPS) is 24.0. The molecule has 0 heterocycles. The zero-order valence-corrected chi connectivity index (χ0v) is 10.0. The van der Waals surface area contributed by atoms with Crippen molar-refractivity contribution in [3.8, 4) is 0 Å². The third-order valence-corrected chi connectivity index (χ3v) is 3.42. The Hall–Kier alpha value is -0.975. The fourth-order valence-electron chi connectivity index (χ4n) is 2.36. The lowest BCUT2D eigenvalue weighted by Gasteiger charge is -2.29. The summed E-state index contributed by atoms with van der Waals surface area (Å²) >= 11 is 0. The summed E-state index contributed by atoms with van der Waals surface area (Å²) in [4.78, 5) is 0. The molecule has 0 saturated carbocycles. The van der Waals surface area contributed by atoms with Crippen LogP contribution < -0.4 is 0 Å². The van der Waals surface area contributed by atoms with Gasteiger partial charge < -0.3 is 0 Å². The number of fused-ring (bicyclic) bond motifs is 1. The molecular weight excluding hydrogens is 179 g/mol. The third-order valence-electron chi connectivity index (χ3n) is 3.42. The number of aryl methyl sites for hydroxylation is 2. The maximum Gasteiger partial charge on any atom is 0.0802 e. The van der Waals surface area contributed by atoms with E-state index in [0.29, 0.717) is 0 Å². The maximum absolute atomic E-state index is 6.17. The molecule has 1 aromatic carbocycles. The number of allylic oxidation sites excluding steroid dienone is 1. The van der Waals surface area contributed by atoms with Gasteiger partial charge in [0.15, 0.2) is 0 Å². The van der Waals surface area contributed by atoms with Gasteiger partial charge in [0.05, 0.1) is 7.85 Å². The molecule has 2 radical (unpaired) electrons. The van der Waals surface area contributed by atoms with Crippen molar-refractivity contribution in [2.45, 2.75) is 39.4 Å². The Morgan fingerprint density at radius 2 is 1.87 bits per heavy atom. The largest absolute Gasteiger partial charge is 0.0864 e. The molecule has 1 aromatic rings. The Bertz CT molecular complexity index is 439. The van der Waals surface area contributed by atoms with E-state index in [-0.39, 0.29) is 5.31 Å². The summed E-state index contributed by atoms with van der Waals surface area (Å²) in [5, 5.41) is -0.183. The van der Waals surface area contributed by atoms with Crippen LogP contribution in [0.15, 0.2) is 12.1 Å². The molecule has 76 valence electrons. The number of rotatable bonds is 0. The van der Waals surface area contributed by atoms with Crippen LogP contribution in [-0.2, 0) is 6.42 Å². The average Bonchev–Trinajstić information content (AvgIpc) is 2.13. The highest BCUT2D eigenvalue weighted by molar-refractivity contribution is 6.17. The molecule has 0 nitrogen and oxygen atoms in total. The minimum Gasteiger partial charge on any atom is -0.0864 e. The molecule has 1 heteroatoms. The van der Waals surface area contributed by atoms with E-state index in [1.165, 1.54) is 27.8 Å². The predicted octanol–water partition coefficient (Wildman–Crippen LogP) is 3.53. The fourth-order valence-corrected chi connectivity index (χ4v) is 2.36. The second kappa shape index (κ2) is 3.26. The average molecular weight is 196 g/mol. The molecule has 1 aliphatic rings. The molecule has 1 aliphatic carbocycles. The van der Waals surface area contributed by atoms with Gasteiger partial charge >= 0.3 is 0 Å². The van der Waals surface area contributed by atoms with E-state index in [4.69, 9.17) is 7.85 Å². The zero-order valence-electron chi connectivity index (χ0n) is 10.0. The highest BCUT2D eigenvalue weighted by atomic mass is 14.2. The van der Waals surface area contributed by atoms with Crippen molar-refractivity contribution < 1.29 is 0 Å². The van der Waals surface area contributed by atoms with Crippen LogP contribution in [0, 0.1) is 20.8 Å². The summed E-state index contributed by atoms with van der Waals surface area (Å²) in [6.45, 7) is 8.63. The lowest BCUT2D eigenvalue weighted by molar-refractivity contribution is 0.738. The number of hydrogen-bond acceptors (Lipinski definition) is 0. The van der Waals surface area contributed by atoms with Crippen molar-refractivity contribution in [2.75, 3.05) is 0 Å². The summed E-state index contributed by atoms with van der Waals surface area (Å²) in [5.74, 6) is 0. The molecule has 2 rings (SSSR count). The molecule has 0 saturated heterocycles. The van der Waals surface area contributed by atoms with Crippen molar-refractivity contribution in [3.05, 3.63) is 40.0 Å². The standard InChI is InChI=1S/C14H17B/c1-9-7-10(2)12-5-6-14(4,15)8-13(12)11(9)3/h5-7H,8H2,1-4H3. The second-order valence-corrected chi connectivity index (χ2v) is 5.04. The molecule has 1 atom stereocenters. The van der Waals surface area contributed by atoms with E-state index in [9.17, 15) is 0 Å². The van der Waals surface area contributed by atoms with Crippen LogP contribution in [-0.4, -0.2) is 7.85 Å². The van der Waals surface area contributed by atoms with Crippen molar-refractivity contribution >= 4 is 13.9 Å². The van der Waals surface area contributed by atoms with Crippen LogP contribution in [0.1, 0.15) is 34.7 Å². The van der Waals surface area contributed by atoms with Gasteiger partial charge in [-0.1, -0.05) is 25.1 Å². The molecular formula is C14H17B. The van der Waals surface area contributed by atoms with Gasteiger partial charge in [-0.2, -0.15) is 0 Å². The molecule has 0 aliphatic heterocycles. The molecule has 0 N–H and O–H groups in total. The monoisotopic (exact) mass is 196 g/mol. The summed E-state index contributed by atoms with van der Waals surface area (Å²) in [6.07, 6.45) is 5.25. The first-order valence-electron chi connectivity index (χ1n) is 5.48. The summed E-state index contributed by atoms with van der Waals surface area (Å²) in [6, 6.07) is 2.26. The minimum absolute atomic E-state index is 0.183. The first kappa shape index (κ1) is 10.5. The van der Waals surface area contributed by atoms with Gasteiger partial charge in [-0.3, -0.25) is 0 Å². The summed E-state index contributed by atoms with van der Waals surface area (Å²) in [7, 11) is 6.17. The van der Waals surface area contributed by atoms with E-state index in [2.05, 4.69) is 45.9 Å². The van der Waals surface area contributed by atoms with E-state index < -0.39 is 0 Å². The van der Waals surface area contributed by atoms with Crippen molar-refractivity contribution in [1.82, 2.24) is 0 Å². The molecule has 0 bridgehead atoms. The van der Waals surface area contributed by atoms with Gasteiger partial charge in [0.1, 0.15) is 0 Å². The predicted molar refractivity (Wildman–Crippen MR) is 67.5 cm³/mol. The smallest absolute Gasteiger partial charge is 0.0802 e. The van der Waals surface area contributed by atoms with Gasteiger partial charge in [0.25, 0.3) is 0 Å². The van der Waals surface area contributed by atoms with E-state index in [1.807, 2.05) is 0 Å². The van der Waals surface area contributed by atoms with E-state index in [1.54, 1.807) is 0 Å². The van der Waals surface area contributed by atoms with Crippen LogP contribution >= 0.6 is 0 Å². The SMILES string of the molecule is [B]C1(C)C=Cc2c(C)cc(C)c(C)c2C1. The van der Waals surface area contributed by atoms with Gasteiger partial charge in [-0.15, -0.1) is 0 Å². The Morgan fingerprint density at radius 1 is 1.20 bits per heavy atom. The van der Waals surface area contributed by atoms with Crippen molar-refractivity contribution in [3.63, 3.8) is 0 Å². The Balaban J connectivity index is 2.66. The van der Waals surface area contributed by atoms with Crippen molar-refractivity contribution in [1.29, 1.82) is 0 Å². The maximum atomic E-state index is 6.17. The Morgan fingerprint density at radius 3 is 2.53 bits per heavy atom. The molecule has 0 fully saturated rings. The molecule has 15 heavy (non-hydrogen) atoms. The summed E-state index contributed by atoms with van der Waals surface area (Å²) < 4.78 is 0. The lowest BCUT2D eigenvalue weighted by atomic mass is 9.63. The zero-order chi connectivity index (χ0) is 11.2. The van der Waals surface area contributed by atoms with Gasteiger partial charge in [0.2, 0.25) is 0 Å². The highest BCUT2D eigenvalue weighted by Gasteiger charge is 2.22. The van der Waals surface area contributed by atoms with Crippen LogP contribution in [0.25, 0.3) is 6.08 Å². The van der Waals surface area contributed by atoms with Gasteiger partial charge in [0, 0.05) is 0 Å². The van der Waals surface area contributed by atoms with Crippen LogP contribution in [0.2, 0.25) is 5.31 Å². The van der Waals surface area contributed by atoms with Crippen LogP contribution in [0.4, 0.5) is 0 Å². The fraction of sp³-hybridized carbons (Fsp3) is 0.429.